The topological polar surface area (TPSA) is 61.8 Å². The molecule has 0 N–H and O–H groups in total. The molecule has 0 aromatic carbocycles. The maximum atomic E-state index is 14.2. The van der Waals surface area contributed by atoms with E-state index in [1.165, 1.54) is 9.47 Å². The fourth-order valence-corrected chi connectivity index (χ4v) is 1.67. The van der Waals surface area contributed by atoms with E-state index in [1.54, 1.807) is 4.74 Å². The van der Waals surface area contributed by atoms with Crippen LogP contribution in [0.15, 0.2) is 12.1 Å². The summed E-state index contributed by atoms with van der Waals surface area (Å²) >= 11 is -2.96. The molecule has 25 heteroatoms. The molecule has 0 saturated carbocycles. The van der Waals surface area contributed by atoms with Crippen molar-refractivity contribution in [3.63, 3.8) is 0 Å². The van der Waals surface area contributed by atoms with Crippen LogP contribution in [-0.2, 0) is 24.4 Å². The Labute approximate surface area is 177 Å². The molecule has 0 bridgehead atoms. The lowest BCUT2D eigenvalue weighted by Crippen LogP contribution is -2.67. The third-order valence-corrected chi connectivity index (χ3v) is 4.00. The molecule has 1 atom stereocenters. The minimum absolute atomic E-state index is 1.39. The number of hydrogen-bond acceptors (Lipinski definition) is 6. The fraction of sp³-hybridized carbons (Fsp3) is 0.778. The van der Waals surface area contributed by atoms with Crippen LogP contribution in [0.4, 0.5) is 78.0 Å². The van der Waals surface area contributed by atoms with Crippen LogP contribution in [0, 0.1) is 0 Å². The van der Waals surface area contributed by atoms with E-state index in [9.17, 15) is 86.4 Å². The first-order valence-corrected chi connectivity index (χ1v) is 8.65. The van der Waals surface area contributed by atoms with E-state index in [2.05, 4.69) is 0 Å². The van der Waals surface area contributed by atoms with Gasteiger partial charge in [0.15, 0.2) is 0 Å². The lowest BCUT2D eigenvalue weighted by atomic mass is 10.2. The van der Waals surface area contributed by atoms with E-state index in [1.807, 2.05) is 0 Å². The molecular formula is C9F18O5S2. The summed E-state index contributed by atoms with van der Waals surface area (Å²) < 4.78 is 256. The predicted octanol–water partition coefficient (Wildman–Crippen LogP) is 6.21. The molecule has 0 aliphatic rings. The van der Waals surface area contributed by atoms with E-state index in [-0.39, 0.29) is 0 Å². The van der Waals surface area contributed by atoms with Gasteiger partial charge in [-0.15, -0.1) is 0 Å². The highest BCUT2D eigenvalue weighted by atomic mass is 32.3. The first-order valence-electron chi connectivity index (χ1n) is 6.55. The molecule has 0 aromatic heterocycles. The molecule has 0 fully saturated rings. The Balaban J connectivity index is 7.03. The summed E-state index contributed by atoms with van der Waals surface area (Å²) in [5.74, 6) is -8.13. The average Bonchev–Trinajstić information content (AvgIpc) is 2.58. The minimum atomic E-state index is -8.19. The molecule has 34 heavy (non-hydrogen) atoms. The molecule has 0 spiro atoms. The van der Waals surface area contributed by atoms with E-state index in [0.717, 1.165) is 0 Å². The van der Waals surface area contributed by atoms with Crippen LogP contribution in [-0.4, -0.2) is 49.2 Å². The van der Waals surface area contributed by atoms with Crippen LogP contribution in [0.1, 0.15) is 0 Å². The second kappa shape index (κ2) is 9.18. The monoisotopic (exact) mass is 594 g/mol. The summed E-state index contributed by atoms with van der Waals surface area (Å²) in [5, 5.41) is -14.4. The quantitative estimate of drug-likeness (QED) is 0.152. The molecule has 0 amide bonds. The van der Waals surface area contributed by atoms with Crippen LogP contribution in [0.5, 0.6) is 0 Å². The van der Waals surface area contributed by atoms with Gasteiger partial charge in [0.25, 0.3) is 0 Å². The van der Waals surface area contributed by atoms with Crippen molar-refractivity contribution in [3.05, 3.63) is 12.1 Å². The van der Waals surface area contributed by atoms with E-state index >= 15 is 0 Å². The maximum Gasteiger partial charge on any atom is 0.471 e. The molecule has 0 aliphatic carbocycles. The largest absolute Gasteiger partial charge is 0.471 e. The van der Waals surface area contributed by atoms with Gasteiger partial charge in [-0.3, -0.25) is 4.74 Å². The number of rotatable bonds is 12. The Hall–Kier alpha value is -1.50. The highest BCUT2D eigenvalue weighted by Gasteiger charge is 2.85. The highest BCUT2D eigenvalue weighted by Crippen LogP contribution is 2.56. The van der Waals surface area contributed by atoms with Crippen molar-refractivity contribution in [1.29, 1.82) is 0 Å². The molecule has 0 heterocycles. The minimum Gasteiger partial charge on any atom is -0.398 e. The highest BCUT2D eigenvalue weighted by molar-refractivity contribution is 7.95. The van der Waals surface area contributed by atoms with Gasteiger partial charge in [0.1, 0.15) is 12.1 Å². The van der Waals surface area contributed by atoms with Gasteiger partial charge in [-0.1, -0.05) is 3.89 Å². The van der Waals surface area contributed by atoms with Crippen molar-refractivity contribution in [1.82, 2.24) is 0 Å². The third kappa shape index (κ3) is 5.83. The summed E-state index contributed by atoms with van der Waals surface area (Å²) in [6.45, 7) is 0. The number of hydrogen-bond donors (Lipinski definition) is 0. The Bertz CT molecular complexity index is 882. The zero-order chi connectivity index (χ0) is 28.0. The molecule has 5 nitrogen and oxygen atoms in total. The first kappa shape index (κ1) is 32.5. The van der Waals surface area contributed by atoms with Crippen molar-refractivity contribution in [2.75, 3.05) is 0 Å². The van der Waals surface area contributed by atoms with Crippen molar-refractivity contribution in [3.8, 4) is 0 Å². The Kier molecular flexibility index (Phi) is 8.77. The van der Waals surface area contributed by atoms with Gasteiger partial charge < -0.3 is 4.74 Å². The van der Waals surface area contributed by atoms with Gasteiger partial charge in [0.05, 0.1) is 0 Å². The second-order valence-corrected chi connectivity index (χ2v) is 7.11. The van der Waals surface area contributed by atoms with E-state index in [0.29, 0.717) is 0 Å². The fourth-order valence-electron chi connectivity index (χ4n) is 1.21. The Morgan fingerprint density at radius 2 is 1.06 bits per heavy atom. The molecule has 1 unspecified atom stereocenters. The number of ether oxygens (including phenoxy) is 3. The zero-order valence-electron chi connectivity index (χ0n) is 14.2. The molecule has 0 radical (unpaired) electrons. The second-order valence-electron chi connectivity index (χ2n) is 5.05. The van der Waals surface area contributed by atoms with Crippen molar-refractivity contribution < 1.29 is 101 Å². The summed E-state index contributed by atoms with van der Waals surface area (Å²) in [6.07, 6.45) is -35.2. The molecule has 0 aromatic rings. The van der Waals surface area contributed by atoms with E-state index < -0.39 is 75.3 Å². The molecular weight excluding hydrogens is 594 g/mol. The average molecular weight is 594 g/mol. The smallest absolute Gasteiger partial charge is 0.398 e. The van der Waals surface area contributed by atoms with Crippen LogP contribution in [0.3, 0.4) is 0 Å². The van der Waals surface area contributed by atoms with Gasteiger partial charge in [0.2, 0.25) is 0 Å². The summed E-state index contributed by atoms with van der Waals surface area (Å²) in [4.78, 5) is 0. The van der Waals surface area contributed by atoms with Crippen LogP contribution >= 0.6 is 12.1 Å². The van der Waals surface area contributed by atoms with Crippen molar-refractivity contribution in [2.45, 2.75) is 40.8 Å². The van der Waals surface area contributed by atoms with Gasteiger partial charge in [0, 0.05) is 0 Å². The normalized spacial score (nSPS) is 16.8. The summed E-state index contributed by atoms with van der Waals surface area (Å²) in [6, 6.07) is -4.25. The lowest BCUT2D eigenvalue weighted by Gasteiger charge is -2.40. The predicted molar refractivity (Wildman–Crippen MR) is 65.9 cm³/mol. The maximum absolute atomic E-state index is 14.2. The SMILES string of the molecule is O=S(=O)(F)C(F)(F)C(F)(F)OC(F)(C(F)(F)OC(F)=C(F)F)C(F)(F)OC(F)(F)C(F)(F)SF. The standard InChI is InChI=1S/C9F18O5S2/c10-1(11)2(12)30-4(14,15)3(13,31-7(20,21)9(24,25)34(27,28)29)5(16,17)32-6(18,19)8(22,23)33-26. The van der Waals surface area contributed by atoms with Crippen LogP contribution < -0.4 is 0 Å². The Morgan fingerprint density at radius 1 is 0.647 bits per heavy atom. The van der Waals surface area contributed by atoms with Gasteiger partial charge in [-0.2, -0.15) is 82.6 Å². The third-order valence-electron chi connectivity index (χ3n) is 2.72. The number of alkyl halides is 13. The van der Waals surface area contributed by atoms with Crippen LogP contribution in [0.2, 0.25) is 0 Å². The van der Waals surface area contributed by atoms with Crippen LogP contribution in [0.25, 0.3) is 0 Å². The number of halogens is 18. The molecule has 204 valence electrons. The molecule has 0 aliphatic heterocycles. The first-order chi connectivity index (χ1) is 14.6. The van der Waals surface area contributed by atoms with E-state index in [4.69, 9.17) is 0 Å². The van der Waals surface area contributed by atoms with Gasteiger partial charge in [-0.25, -0.2) is 4.74 Å². The molecule has 0 rings (SSSR count). The summed E-state index contributed by atoms with van der Waals surface area (Å²) in [5.41, 5.74) is 0. The lowest BCUT2D eigenvalue weighted by molar-refractivity contribution is -0.551. The van der Waals surface area contributed by atoms with Gasteiger partial charge >= 0.3 is 63.1 Å². The van der Waals surface area contributed by atoms with Crippen molar-refractivity contribution in [2.24, 2.45) is 0 Å². The zero-order valence-corrected chi connectivity index (χ0v) is 15.8. The van der Waals surface area contributed by atoms with Gasteiger partial charge in [-0.05, 0) is 0 Å². The molecule has 0 saturated heterocycles. The summed E-state index contributed by atoms with van der Waals surface area (Å²) in [7, 11) is -8.19. The van der Waals surface area contributed by atoms with Crippen molar-refractivity contribution >= 4 is 22.4 Å². The Morgan fingerprint density at radius 3 is 1.38 bits per heavy atom.